The summed E-state index contributed by atoms with van der Waals surface area (Å²) in [5.74, 6) is 0. The van der Waals surface area contributed by atoms with E-state index in [1.54, 1.807) is 7.11 Å². The minimum atomic E-state index is -0.0765. The van der Waals surface area contributed by atoms with E-state index in [2.05, 4.69) is 10.6 Å². The van der Waals surface area contributed by atoms with E-state index in [1.165, 1.54) is 0 Å². The van der Waals surface area contributed by atoms with Crippen LogP contribution in [-0.4, -0.2) is 13.5 Å². The molecule has 1 heterocycles. The van der Waals surface area contributed by atoms with Crippen molar-refractivity contribution in [3.8, 4) is 0 Å². The van der Waals surface area contributed by atoms with Crippen LogP contribution in [0.4, 0.5) is 11.4 Å². The highest BCUT2D eigenvalue weighted by Gasteiger charge is 2.16. The molecule has 0 saturated heterocycles. The first-order valence-electron chi connectivity index (χ1n) is 3.55. The number of nitrogens with one attached hydrogen (secondary N) is 2. The summed E-state index contributed by atoms with van der Waals surface area (Å²) in [5.41, 5.74) is 2.19. The highest BCUT2D eigenvalue weighted by Crippen LogP contribution is 2.27. The average molecular weight is 150 g/mol. The Morgan fingerprint density at radius 2 is 1.73 bits per heavy atom. The zero-order chi connectivity index (χ0) is 7.68. The summed E-state index contributed by atoms with van der Waals surface area (Å²) in [7, 11) is 1.66. The van der Waals surface area contributed by atoms with Crippen LogP contribution in [0.5, 0.6) is 0 Å². The van der Waals surface area contributed by atoms with Gasteiger partial charge in [-0.15, -0.1) is 0 Å². The second-order valence-corrected chi connectivity index (χ2v) is 2.45. The third kappa shape index (κ3) is 1.03. The number of hydrogen-bond acceptors (Lipinski definition) is 3. The minimum Gasteiger partial charge on any atom is -0.344 e. The lowest BCUT2D eigenvalue weighted by Crippen LogP contribution is -2.23. The number of para-hydroxylation sites is 2. The molecule has 0 amide bonds. The van der Waals surface area contributed by atoms with E-state index < -0.39 is 0 Å². The Morgan fingerprint density at radius 3 is 2.18 bits per heavy atom. The molecule has 0 radical (unpaired) electrons. The zero-order valence-corrected chi connectivity index (χ0v) is 6.29. The molecule has 0 unspecified atom stereocenters. The molecule has 0 aromatic heterocycles. The summed E-state index contributed by atoms with van der Waals surface area (Å²) in [6.07, 6.45) is -0.0765. The van der Waals surface area contributed by atoms with E-state index in [4.69, 9.17) is 4.74 Å². The molecule has 58 valence electrons. The van der Waals surface area contributed by atoms with Gasteiger partial charge < -0.3 is 15.4 Å². The molecular weight excluding hydrogens is 140 g/mol. The number of benzene rings is 1. The second-order valence-electron chi connectivity index (χ2n) is 2.45. The van der Waals surface area contributed by atoms with Gasteiger partial charge in [0.1, 0.15) is 0 Å². The fourth-order valence-corrected chi connectivity index (χ4v) is 1.17. The summed E-state index contributed by atoms with van der Waals surface area (Å²) in [6.45, 7) is 0. The van der Waals surface area contributed by atoms with Gasteiger partial charge in [-0.1, -0.05) is 12.1 Å². The predicted molar refractivity (Wildman–Crippen MR) is 44.5 cm³/mol. The highest BCUT2D eigenvalue weighted by atomic mass is 16.5. The number of hydrogen-bond donors (Lipinski definition) is 2. The SMILES string of the molecule is COC1Nc2ccccc2N1. The molecule has 1 aliphatic rings. The number of rotatable bonds is 1. The number of fused-ring (bicyclic) bond motifs is 1. The molecule has 1 aromatic rings. The van der Waals surface area contributed by atoms with Crippen LogP contribution in [0, 0.1) is 0 Å². The van der Waals surface area contributed by atoms with Crippen molar-refractivity contribution in [2.24, 2.45) is 0 Å². The predicted octanol–water partition coefficient (Wildman–Crippen LogP) is 1.45. The van der Waals surface area contributed by atoms with Crippen molar-refractivity contribution >= 4 is 11.4 Å². The molecule has 0 saturated carbocycles. The standard InChI is InChI=1S/C8H10N2O/c1-11-8-9-6-4-2-3-5-7(6)10-8/h2-5,8-10H,1H3. The normalized spacial score (nSPS) is 15.4. The largest absolute Gasteiger partial charge is 0.344 e. The summed E-state index contributed by atoms with van der Waals surface area (Å²) in [6, 6.07) is 8.01. The summed E-state index contributed by atoms with van der Waals surface area (Å²) < 4.78 is 5.07. The van der Waals surface area contributed by atoms with Crippen LogP contribution in [0.2, 0.25) is 0 Å². The van der Waals surface area contributed by atoms with E-state index in [0.29, 0.717) is 0 Å². The lowest BCUT2D eigenvalue weighted by Gasteiger charge is -2.07. The van der Waals surface area contributed by atoms with E-state index in [1.807, 2.05) is 24.3 Å². The van der Waals surface area contributed by atoms with Crippen LogP contribution < -0.4 is 10.6 Å². The minimum absolute atomic E-state index is 0.0765. The van der Waals surface area contributed by atoms with Crippen LogP contribution in [0.1, 0.15) is 0 Å². The van der Waals surface area contributed by atoms with E-state index in [9.17, 15) is 0 Å². The van der Waals surface area contributed by atoms with Gasteiger partial charge in [0.05, 0.1) is 11.4 Å². The maximum absolute atomic E-state index is 5.07. The van der Waals surface area contributed by atoms with Gasteiger partial charge in [-0.2, -0.15) is 0 Å². The molecule has 0 spiro atoms. The monoisotopic (exact) mass is 150 g/mol. The number of ether oxygens (including phenoxy) is 1. The Kier molecular flexibility index (Phi) is 1.43. The number of methoxy groups -OCH3 is 1. The quantitative estimate of drug-likeness (QED) is 0.635. The van der Waals surface area contributed by atoms with Crippen molar-refractivity contribution in [1.29, 1.82) is 0 Å². The topological polar surface area (TPSA) is 33.3 Å². The smallest absolute Gasteiger partial charge is 0.205 e. The van der Waals surface area contributed by atoms with Crippen molar-refractivity contribution in [2.75, 3.05) is 17.7 Å². The third-order valence-electron chi connectivity index (χ3n) is 1.74. The molecule has 0 bridgehead atoms. The fraction of sp³-hybridized carbons (Fsp3) is 0.250. The van der Waals surface area contributed by atoms with E-state index in [0.717, 1.165) is 11.4 Å². The van der Waals surface area contributed by atoms with E-state index in [-0.39, 0.29) is 6.35 Å². The van der Waals surface area contributed by atoms with Gasteiger partial charge in [0.15, 0.2) is 0 Å². The van der Waals surface area contributed by atoms with E-state index >= 15 is 0 Å². The Hall–Kier alpha value is -1.22. The molecule has 0 fully saturated rings. The maximum Gasteiger partial charge on any atom is 0.205 e. The van der Waals surface area contributed by atoms with Crippen molar-refractivity contribution in [2.45, 2.75) is 6.35 Å². The molecule has 0 aliphatic carbocycles. The molecule has 1 aromatic carbocycles. The Bertz CT molecular complexity index is 237. The lowest BCUT2D eigenvalue weighted by molar-refractivity contribution is 0.152. The van der Waals surface area contributed by atoms with Crippen LogP contribution >= 0.6 is 0 Å². The van der Waals surface area contributed by atoms with Gasteiger partial charge in [-0.05, 0) is 12.1 Å². The van der Waals surface area contributed by atoms with Crippen LogP contribution in [-0.2, 0) is 4.74 Å². The van der Waals surface area contributed by atoms with Crippen molar-refractivity contribution in [3.63, 3.8) is 0 Å². The van der Waals surface area contributed by atoms with Gasteiger partial charge >= 0.3 is 0 Å². The van der Waals surface area contributed by atoms with Crippen LogP contribution in [0.25, 0.3) is 0 Å². The second kappa shape index (κ2) is 2.43. The van der Waals surface area contributed by atoms with Crippen molar-refractivity contribution in [1.82, 2.24) is 0 Å². The summed E-state index contributed by atoms with van der Waals surface area (Å²) in [4.78, 5) is 0. The molecule has 1 aliphatic heterocycles. The first-order chi connectivity index (χ1) is 5.40. The molecule has 11 heavy (non-hydrogen) atoms. The Balaban J connectivity index is 2.27. The van der Waals surface area contributed by atoms with Crippen LogP contribution in [0.15, 0.2) is 24.3 Å². The van der Waals surface area contributed by atoms with Gasteiger partial charge in [-0.25, -0.2) is 0 Å². The third-order valence-corrected chi connectivity index (χ3v) is 1.74. The maximum atomic E-state index is 5.07. The van der Waals surface area contributed by atoms with Gasteiger partial charge in [0.2, 0.25) is 6.35 Å². The molecule has 2 N–H and O–H groups in total. The van der Waals surface area contributed by atoms with Gasteiger partial charge in [-0.3, -0.25) is 0 Å². The molecule has 3 nitrogen and oxygen atoms in total. The molecular formula is C8H10N2O. The summed E-state index contributed by atoms with van der Waals surface area (Å²) in [5, 5.41) is 6.30. The van der Waals surface area contributed by atoms with Gasteiger partial charge in [0.25, 0.3) is 0 Å². The van der Waals surface area contributed by atoms with Gasteiger partial charge in [0, 0.05) is 7.11 Å². The Labute approximate surface area is 65.4 Å². The molecule has 0 atom stereocenters. The number of anilines is 2. The molecule has 3 heteroatoms. The Morgan fingerprint density at radius 1 is 1.18 bits per heavy atom. The van der Waals surface area contributed by atoms with Crippen molar-refractivity contribution < 1.29 is 4.74 Å². The van der Waals surface area contributed by atoms with Crippen LogP contribution in [0.3, 0.4) is 0 Å². The van der Waals surface area contributed by atoms with Crippen molar-refractivity contribution in [3.05, 3.63) is 24.3 Å². The summed E-state index contributed by atoms with van der Waals surface area (Å²) >= 11 is 0. The molecule has 2 rings (SSSR count). The first kappa shape index (κ1) is 6.49. The lowest BCUT2D eigenvalue weighted by atomic mass is 10.3. The fourth-order valence-electron chi connectivity index (χ4n) is 1.17. The highest BCUT2D eigenvalue weighted by molar-refractivity contribution is 5.73. The average Bonchev–Trinajstić information content (AvgIpc) is 2.46. The first-order valence-corrected chi connectivity index (χ1v) is 3.55. The zero-order valence-electron chi connectivity index (χ0n) is 6.29.